The summed E-state index contributed by atoms with van der Waals surface area (Å²) in [6.45, 7) is 5.40. The number of benzene rings is 3. The highest BCUT2D eigenvalue weighted by molar-refractivity contribution is 5.56. The fourth-order valence-corrected chi connectivity index (χ4v) is 5.44. The van der Waals surface area contributed by atoms with Gasteiger partial charge in [0.15, 0.2) is 0 Å². The van der Waals surface area contributed by atoms with E-state index in [1.54, 1.807) is 14.2 Å². The molecule has 0 amide bonds. The van der Waals surface area contributed by atoms with E-state index in [2.05, 4.69) is 39.5 Å². The van der Waals surface area contributed by atoms with Crippen LogP contribution >= 0.6 is 0 Å². The molecule has 0 saturated carbocycles. The van der Waals surface area contributed by atoms with Gasteiger partial charge in [-0.1, -0.05) is 54.6 Å². The van der Waals surface area contributed by atoms with Gasteiger partial charge in [-0.15, -0.1) is 0 Å². The van der Waals surface area contributed by atoms with Crippen LogP contribution in [-0.4, -0.2) is 66.4 Å². The third-order valence-electron chi connectivity index (χ3n) is 7.44. The number of aryl methyl sites for hydroxylation is 1. The van der Waals surface area contributed by atoms with Crippen LogP contribution in [0.15, 0.2) is 78.9 Å². The van der Waals surface area contributed by atoms with Crippen molar-refractivity contribution in [2.75, 3.05) is 40.4 Å². The van der Waals surface area contributed by atoms with E-state index >= 15 is 0 Å². The van der Waals surface area contributed by atoms with Gasteiger partial charge in [0, 0.05) is 43.4 Å². The van der Waals surface area contributed by atoms with E-state index in [4.69, 9.17) is 14.5 Å². The number of hydrogen-bond acceptors (Lipinski definition) is 6. The third kappa shape index (κ3) is 5.45. The quantitative estimate of drug-likeness (QED) is 0.305. The van der Waals surface area contributed by atoms with Crippen molar-refractivity contribution in [3.63, 3.8) is 0 Å². The van der Waals surface area contributed by atoms with Gasteiger partial charge in [-0.3, -0.25) is 4.90 Å². The molecular weight excluding hydrogens is 476 g/mol. The van der Waals surface area contributed by atoms with Crippen molar-refractivity contribution in [2.24, 2.45) is 0 Å². The van der Waals surface area contributed by atoms with Gasteiger partial charge in [0.2, 0.25) is 0 Å². The number of hydrogen-bond donors (Lipinski definition) is 3. The number of H-pyrrole nitrogens is 1. The summed E-state index contributed by atoms with van der Waals surface area (Å²) in [5.41, 5.74) is 4.76. The van der Waals surface area contributed by atoms with Gasteiger partial charge in [0.25, 0.3) is 0 Å². The Hall–Kier alpha value is -3.65. The van der Waals surface area contributed by atoms with E-state index in [-0.39, 0.29) is 12.0 Å². The number of nitrogens with zero attached hydrogens (tertiary/aromatic N) is 2. The summed E-state index contributed by atoms with van der Waals surface area (Å²) in [5.74, 6) is 2.26. The molecule has 198 valence electrons. The van der Waals surface area contributed by atoms with Gasteiger partial charge in [-0.25, -0.2) is 4.98 Å². The molecule has 7 heteroatoms. The second kappa shape index (κ2) is 11.8. The normalized spacial score (nSPS) is 15.8. The van der Waals surface area contributed by atoms with E-state index in [9.17, 15) is 5.11 Å². The minimum absolute atomic E-state index is 0.115. The molecule has 1 aliphatic heterocycles. The van der Waals surface area contributed by atoms with Crippen LogP contribution in [0.4, 0.5) is 0 Å². The number of methoxy groups -OCH3 is 2. The predicted octanol–water partition coefficient (Wildman–Crippen LogP) is 4.54. The van der Waals surface area contributed by atoms with E-state index in [0.717, 1.165) is 65.9 Å². The summed E-state index contributed by atoms with van der Waals surface area (Å²) in [7, 11) is 3.35. The van der Waals surface area contributed by atoms with Crippen LogP contribution in [0.25, 0.3) is 11.4 Å². The van der Waals surface area contributed by atoms with Crippen molar-refractivity contribution in [3.05, 3.63) is 101 Å². The van der Waals surface area contributed by atoms with Crippen LogP contribution in [-0.2, 0) is 0 Å². The monoisotopic (exact) mass is 512 g/mol. The molecule has 2 heterocycles. The molecule has 1 aliphatic rings. The molecule has 1 fully saturated rings. The summed E-state index contributed by atoms with van der Waals surface area (Å²) < 4.78 is 10.9. The number of aliphatic hydroxyl groups is 1. The van der Waals surface area contributed by atoms with Crippen LogP contribution < -0.4 is 14.8 Å². The lowest BCUT2D eigenvalue weighted by Crippen LogP contribution is -2.52. The zero-order valence-electron chi connectivity index (χ0n) is 22.2. The third-order valence-corrected chi connectivity index (χ3v) is 7.44. The predicted molar refractivity (Wildman–Crippen MR) is 150 cm³/mol. The van der Waals surface area contributed by atoms with Crippen molar-refractivity contribution in [2.45, 2.75) is 25.0 Å². The van der Waals surface area contributed by atoms with Crippen molar-refractivity contribution >= 4 is 0 Å². The average molecular weight is 513 g/mol. The number of piperazine rings is 1. The average Bonchev–Trinajstić information content (AvgIpc) is 3.38. The van der Waals surface area contributed by atoms with E-state index in [1.165, 1.54) is 0 Å². The Balaban J connectivity index is 1.61. The molecule has 0 aliphatic carbocycles. The second-order valence-electron chi connectivity index (χ2n) is 9.71. The van der Waals surface area contributed by atoms with Gasteiger partial charge in [0.05, 0.1) is 26.0 Å². The molecule has 2 atom stereocenters. The van der Waals surface area contributed by atoms with Gasteiger partial charge >= 0.3 is 0 Å². The number of nitrogens with one attached hydrogen (secondary N) is 2. The molecule has 0 radical (unpaired) electrons. The first-order valence-electron chi connectivity index (χ1n) is 13.1. The van der Waals surface area contributed by atoms with Gasteiger partial charge in [-0.2, -0.15) is 0 Å². The van der Waals surface area contributed by atoms with E-state index in [1.807, 2.05) is 61.5 Å². The number of aliphatic hydroxyl groups excluding tert-OH is 1. The van der Waals surface area contributed by atoms with Crippen LogP contribution in [0.2, 0.25) is 0 Å². The molecule has 2 unspecified atom stereocenters. The molecule has 1 saturated heterocycles. The van der Waals surface area contributed by atoms with Crippen LogP contribution in [0.5, 0.6) is 11.5 Å². The minimum Gasteiger partial charge on any atom is -0.497 e. The second-order valence-corrected chi connectivity index (χ2v) is 9.71. The molecule has 0 bridgehead atoms. The lowest BCUT2D eigenvalue weighted by molar-refractivity contribution is 0.0295. The standard InChI is InChI=1S/C31H36N4O3/c1-21-28(34-31(33-21)24-7-5-4-6-8-24)30(36)29(35-19-17-32-18-20-35)27(22-9-13-25(37-2)14-10-22)23-11-15-26(38-3)16-12-23/h4-16,27,29-30,32,36H,17-20H2,1-3H3,(H,33,34). The maximum Gasteiger partial charge on any atom is 0.137 e. The Morgan fingerprint density at radius 2 is 1.37 bits per heavy atom. The largest absolute Gasteiger partial charge is 0.497 e. The number of ether oxygens (including phenoxy) is 2. The molecular formula is C31H36N4O3. The lowest BCUT2D eigenvalue weighted by atomic mass is 9.80. The topological polar surface area (TPSA) is 82.6 Å². The van der Waals surface area contributed by atoms with E-state index in [0.29, 0.717) is 5.69 Å². The minimum atomic E-state index is -0.823. The highest BCUT2D eigenvalue weighted by Gasteiger charge is 2.38. The zero-order chi connectivity index (χ0) is 26.5. The molecule has 0 spiro atoms. The van der Waals surface area contributed by atoms with Crippen LogP contribution in [0.3, 0.4) is 0 Å². The number of aromatic nitrogens is 2. The highest BCUT2D eigenvalue weighted by atomic mass is 16.5. The highest BCUT2D eigenvalue weighted by Crippen LogP contribution is 2.39. The first-order valence-corrected chi connectivity index (χ1v) is 13.1. The molecule has 3 aromatic carbocycles. The maximum atomic E-state index is 12.2. The molecule has 4 aromatic rings. The van der Waals surface area contributed by atoms with E-state index < -0.39 is 6.10 Å². The Bertz CT molecular complexity index is 1250. The van der Waals surface area contributed by atoms with Crippen LogP contribution in [0.1, 0.15) is 34.5 Å². The maximum absolute atomic E-state index is 12.2. The molecule has 5 rings (SSSR count). The summed E-state index contributed by atoms with van der Waals surface area (Å²) in [4.78, 5) is 10.7. The number of aromatic amines is 1. The Morgan fingerprint density at radius 1 is 0.816 bits per heavy atom. The summed E-state index contributed by atoms with van der Waals surface area (Å²) >= 11 is 0. The summed E-state index contributed by atoms with van der Waals surface area (Å²) in [6.07, 6.45) is -0.823. The SMILES string of the molecule is COc1ccc(C(c2ccc(OC)cc2)C(C(O)c2nc(-c3ccccc3)[nH]c2C)N2CCNCC2)cc1. The first-order chi connectivity index (χ1) is 18.6. The van der Waals surface area contributed by atoms with Gasteiger partial charge < -0.3 is 24.9 Å². The molecule has 38 heavy (non-hydrogen) atoms. The van der Waals surface area contributed by atoms with Crippen molar-refractivity contribution in [3.8, 4) is 22.9 Å². The number of imidazole rings is 1. The Kier molecular flexibility index (Phi) is 8.08. The lowest BCUT2D eigenvalue weighted by Gasteiger charge is -2.42. The first kappa shape index (κ1) is 26.0. The Labute approximate surface area is 224 Å². The Morgan fingerprint density at radius 3 is 1.89 bits per heavy atom. The zero-order valence-corrected chi connectivity index (χ0v) is 22.2. The van der Waals surface area contributed by atoms with Gasteiger partial charge in [0.1, 0.15) is 23.4 Å². The molecule has 1 aromatic heterocycles. The fourth-order valence-electron chi connectivity index (χ4n) is 5.44. The van der Waals surface area contributed by atoms with Crippen molar-refractivity contribution in [1.29, 1.82) is 0 Å². The summed E-state index contributed by atoms with van der Waals surface area (Å²) in [5, 5.41) is 15.6. The van der Waals surface area contributed by atoms with Crippen LogP contribution in [0, 0.1) is 6.92 Å². The fraction of sp³-hybridized carbons (Fsp3) is 0.323. The van der Waals surface area contributed by atoms with Gasteiger partial charge in [-0.05, 0) is 42.3 Å². The van der Waals surface area contributed by atoms with Crippen molar-refractivity contribution < 1.29 is 14.6 Å². The smallest absolute Gasteiger partial charge is 0.137 e. The van der Waals surface area contributed by atoms with Crippen molar-refractivity contribution in [1.82, 2.24) is 20.2 Å². The summed E-state index contributed by atoms with van der Waals surface area (Å²) in [6, 6.07) is 26.1. The number of rotatable bonds is 9. The molecule has 3 N–H and O–H groups in total. The molecule has 7 nitrogen and oxygen atoms in total.